The first-order valence-corrected chi connectivity index (χ1v) is 6.61. The lowest BCUT2D eigenvalue weighted by atomic mass is 9.93. The number of likely N-dealkylation sites (tertiary alicyclic amines) is 1. The van der Waals surface area contributed by atoms with Gasteiger partial charge in [-0.05, 0) is 24.8 Å². The van der Waals surface area contributed by atoms with Crippen LogP contribution in [-0.4, -0.2) is 35.4 Å². The molecule has 0 spiro atoms. The predicted molar refractivity (Wildman–Crippen MR) is 72.7 cm³/mol. The van der Waals surface area contributed by atoms with Gasteiger partial charge in [-0.15, -0.1) is 0 Å². The van der Waals surface area contributed by atoms with Gasteiger partial charge in [-0.25, -0.2) is 9.37 Å². The topological polar surface area (TPSA) is 45.2 Å². The van der Waals surface area contributed by atoms with Crippen LogP contribution in [0.2, 0.25) is 0 Å². The van der Waals surface area contributed by atoms with Crippen LogP contribution in [0.15, 0.2) is 12.3 Å². The van der Waals surface area contributed by atoms with E-state index in [0.29, 0.717) is 31.0 Å². The molecule has 0 aliphatic carbocycles. The molecule has 2 heterocycles. The molecule has 4 nitrogen and oxygen atoms in total. The van der Waals surface area contributed by atoms with Gasteiger partial charge < -0.3 is 10.2 Å². The molecule has 1 amide bonds. The van der Waals surface area contributed by atoms with E-state index in [1.54, 1.807) is 4.90 Å². The smallest absolute Gasteiger partial charge is 0.257 e. The van der Waals surface area contributed by atoms with Crippen molar-refractivity contribution in [3.63, 3.8) is 0 Å². The second kappa shape index (κ2) is 5.15. The average molecular weight is 265 g/mol. The summed E-state index contributed by atoms with van der Waals surface area (Å²) in [4.78, 5) is 18.2. The first-order chi connectivity index (χ1) is 8.93. The Balaban J connectivity index is 2.25. The fourth-order valence-electron chi connectivity index (χ4n) is 2.37. The number of hydrogen-bond acceptors (Lipinski definition) is 3. The second-order valence-corrected chi connectivity index (χ2v) is 5.72. The molecule has 1 aliphatic rings. The van der Waals surface area contributed by atoms with Crippen LogP contribution >= 0.6 is 0 Å². The highest BCUT2D eigenvalue weighted by atomic mass is 19.1. The molecular weight excluding hydrogens is 245 g/mol. The molecule has 19 heavy (non-hydrogen) atoms. The van der Waals surface area contributed by atoms with Crippen LogP contribution in [-0.2, 0) is 0 Å². The first-order valence-electron chi connectivity index (χ1n) is 6.61. The van der Waals surface area contributed by atoms with Crippen molar-refractivity contribution >= 4 is 11.7 Å². The Hall–Kier alpha value is -1.65. The molecule has 0 atom stereocenters. The van der Waals surface area contributed by atoms with Gasteiger partial charge in [0.05, 0.1) is 11.8 Å². The third-order valence-corrected chi connectivity index (χ3v) is 3.39. The highest BCUT2D eigenvalue weighted by Gasteiger charge is 2.33. The lowest BCUT2D eigenvalue weighted by Crippen LogP contribution is -2.31. The van der Waals surface area contributed by atoms with Crippen molar-refractivity contribution in [3.8, 4) is 0 Å². The number of amides is 1. The lowest BCUT2D eigenvalue weighted by molar-refractivity contribution is 0.0778. The summed E-state index contributed by atoms with van der Waals surface area (Å²) in [6, 6.07) is 1.26. The van der Waals surface area contributed by atoms with Crippen molar-refractivity contribution in [3.05, 3.63) is 23.6 Å². The van der Waals surface area contributed by atoms with Crippen LogP contribution in [0.25, 0.3) is 0 Å². The molecule has 1 fully saturated rings. The Morgan fingerprint density at radius 1 is 1.58 bits per heavy atom. The van der Waals surface area contributed by atoms with Crippen LogP contribution in [0.1, 0.15) is 37.6 Å². The summed E-state index contributed by atoms with van der Waals surface area (Å²) in [5.41, 5.74) is 0.453. The molecule has 1 saturated heterocycles. The van der Waals surface area contributed by atoms with Crippen molar-refractivity contribution in [2.24, 2.45) is 5.41 Å². The van der Waals surface area contributed by atoms with Crippen molar-refractivity contribution in [2.45, 2.75) is 27.2 Å². The zero-order valence-corrected chi connectivity index (χ0v) is 11.7. The normalized spacial score (nSPS) is 17.6. The van der Waals surface area contributed by atoms with E-state index in [0.717, 1.165) is 12.6 Å². The number of aromatic nitrogens is 1. The standard InChI is InChI=1S/C14H20FN3O/c1-4-16-12-11(7-10(15)8-17-12)13(19)18-6-5-14(2,3)9-18/h7-8H,4-6,9H2,1-3H3,(H,16,17). The van der Waals surface area contributed by atoms with E-state index >= 15 is 0 Å². The monoisotopic (exact) mass is 265 g/mol. The minimum atomic E-state index is -0.483. The maximum Gasteiger partial charge on any atom is 0.257 e. The van der Waals surface area contributed by atoms with Gasteiger partial charge in [0.2, 0.25) is 0 Å². The van der Waals surface area contributed by atoms with E-state index in [-0.39, 0.29) is 11.3 Å². The highest BCUT2D eigenvalue weighted by molar-refractivity contribution is 5.98. The number of nitrogens with one attached hydrogen (secondary N) is 1. The zero-order valence-electron chi connectivity index (χ0n) is 11.7. The van der Waals surface area contributed by atoms with Gasteiger partial charge >= 0.3 is 0 Å². The van der Waals surface area contributed by atoms with Gasteiger partial charge in [0.1, 0.15) is 11.6 Å². The van der Waals surface area contributed by atoms with Crippen LogP contribution in [0.4, 0.5) is 10.2 Å². The quantitative estimate of drug-likeness (QED) is 0.913. The van der Waals surface area contributed by atoms with Gasteiger partial charge in [-0.1, -0.05) is 13.8 Å². The molecule has 104 valence electrons. The van der Waals surface area contributed by atoms with E-state index < -0.39 is 5.82 Å². The lowest BCUT2D eigenvalue weighted by Gasteiger charge is -2.21. The second-order valence-electron chi connectivity index (χ2n) is 5.72. The molecular formula is C14H20FN3O. The zero-order chi connectivity index (χ0) is 14.0. The van der Waals surface area contributed by atoms with Gasteiger partial charge in [0.25, 0.3) is 5.91 Å². The van der Waals surface area contributed by atoms with E-state index in [1.807, 2.05) is 6.92 Å². The summed E-state index contributed by atoms with van der Waals surface area (Å²) >= 11 is 0. The molecule has 1 aromatic heterocycles. The minimum absolute atomic E-state index is 0.134. The van der Waals surface area contributed by atoms with Crippen molar-refractivity contribution < 1.29 is 9.18 Å². The average Bonchev–Trinajstić information content (AvgIpc) is 2.71. The third kappa shape index (κ3) is 3.03. The highest BCUT2D eigenvalue weighted by Crippen LogP contribution is 2.30. The molecule has 0 saturated carbocycles. The number of anilines is 1. The van der Waals surface area contributed by atoms with Crippen molar-refractivity contribution in [1.29, 1.82) is 0 Å². The van der Waals surface area contributed by atoms with E-state index in [1.165, 1.54) is 6.07 Å². The molecule has 1 aliphatic heterocycles. The minimum Gasteiger partial charge on any atom is -0.370 e. The first kappa shape index (κ1) is 13.8. The number of hydrogen-bond donors (Lipinski definition) is 1. The van der Waals surface area contributed by atoms with E-state index in [9.17, 15) is 9.18 Å². The molecule has 0 aromatic carbocycles. The Bertz CT molecular complexity index is 488. The third-order valence-electron chi connectivity index (χ3n) is 3.39. The molecule has 1 N–H and O–H groups in total. The van der Waals surface area contributed by atoms with Crippen molar-refractivity contribution in [1.82, 2.24) is 9.88 Å². The Kier molecular flexibility index (Phi) is 3.73. The van der Waals surface area contributed by atoms with Gasteiger partial charge in [-0.3, -0.25) is 4.79 Å². The Morgan fingerprint density at radius 3 is 2.89 bits per heavy atom. The van der Waals surface area contributed by atoms with Crippen LogP contribution in [0, 0.1) is 11.2 Å². The molecule has 1 aromatic rings. The summed E-state index contributed by atoms with van der Waals surface area (Å²) in [6.07, 6.45) is 2.10. The number of carbonyl (C=O) groups excluding carboxylic acids is 1. The molecule has 0 bridgehead atoms. The summed E-state index contributed by atoms with van der Waals surface area (Å²) in [7, 11) is 0. The molecule has 0 unspecified atom stereocenters. The number of nitrogens with zero attached hydrogens (tertiary/aromatic N) is 2. The van der Waals surface area contributed by atoms with Gasteiger partial charge in [-0.2, -0.15) is 0 Å². The number of pyridine rings is 1. The summed E-state index contributed by atoms with van der Waals surface area (Å²) < 4.78 is 13.3. The van der Waals surface area contributed by atoms with Gasteiger partial charge in [0, 0.05) is 19.6 Å². The fraction of sp³-hybridized carbons (Fsp3) is 0.571. The predicted octanol–water partition coefficient (Wildman–Crippen LogP) is 2.52. The van der Waals surface area contributed by atoms with Gasteiger partial charge in [0.15, 0.2) is 0 Å². The van der Waals surface area contributed by atoms with Crippen LogP contribution in [0.5, 0.6) is 0 Å². The summed E-state index contributed by atoms with van der Waals surface area (Å²) in [5, 5.41) is 3.00. The molecule has 5 heteroatoms. The Morgan fingerprint density at radius 2 is 2.32 bits per heavy atom. The van der Waals surface area contributed by atoms with E-state index in [2.05, 4.69) is 24.1 Å². The largest absolute Gasteiger partial charge is 0.370 e. The molecule has 0 radical (unpaired) electrons. The SMILES string of the molecule is CCNc1ncc(F)cc1C(=O)N1CCC(C)(C)C1. The van der Waals surface area contributed by atoms with E-state index in [4.69, 9.17) is 0 Å². The number of halogens is 1. The number of carbonyl (C=O) groups is 1. The fourth-order valence-corrected chi connectivity index (χ4v) is 2.37. The number of rotatable bonds is 3. The van der Waals surface area contributed by atoms with Crippen LogP contribution in [0.3, 0.4) is 0 Å². The maximum absolute atomic E-state index is 13.3. The molecule has 2 rings (SSSR count). The summed E-state index contributed by atoms with van der Waals surface area (Å²) in [5.74, 6) is -0.171. The van der Waals surface area contributed by atoms with Crippen LogP contribution < -0.4 is 5.32 Å². The maximum atomic E-state index is 13.3. The van der Waals surface area contributed by atoms with Crippen molar-refractivity contribution in [2.75, 3.05) is 25.0 Å². The summed E-state index contributed by atoms with van der Waals surface area (Å²) in [6.45, 7) is 8.25. The Labute approximate surface area is 113 Å².